The average molecular weight is 362 g/mol. The topological polar surface area (TPSA) is 69.1 Å². The number of carbonyl (C=O) groups excluding carboxylic acids is 1. The van der Waals surface area contributed by atoms with Gasteiger partial charge in [0.15, 0.2) is 5.78 Å². The Morgan fingerprint density at radius 3 is 1.50 bits per heavy atom. The van der Waals surface area contributed by atoms with Gasteiger partial charge in [-0.2, -0.15) is 0 Å². The van der Waals surface area contributed by atoms with Gasteiger partial charge >= 0.3 is 0 Å². The van der Waals surface area contributed by atoms with Crippen molar-refractivity contribution in [2.75, 3.05) is 11.5 Å². The Kier molecular flexibility index (Phi) is 3.56. The van der Waals surface area contributed by atoms with Crippen LogP contribution in [0.2, 0.25) is 0 Å². The monoisotopic (exact) mass is 362 g/mol. The molecule has 0 unspecified atom stereocenters. The maximum atomic E-state index is 13.4. The fourth-order valence-corrected chi connectivity index (χ4v) is 4.08. The van der Waals surface area contributed by atoms with Crippen molar-refractivity contribution in [1.29, 1.82) is 0 Å². The van der Waals surface area contributed by atoms with Gasteiger partial charge in [0.05, 0.1) is 0 Å². The van der Waals surface area contributed by atoms with E-state index in [1.54, 1.807) is 0 Å². The molecule has 5 rings (SSSR count). The van der Waals surface area contributed by atoms with Crippen molar-refractivity contribution in [2.45, 2.75) is 0 Å². The van der Waals surface area contributed by atoms with Crippen LogP contribution in [0, 0.1) is 0 Å². The molecule has 1 aliphatic rings. The summed E-state index contributed by atoms with van der Waals surface area (Å²) in [6.07, 6.45) is 0. The molecule has 0 atom stereocenters. The molecule has 0 aromatic heterocycles. The van der Waals surface area contributed by atoms with Crippen LogP contribution in [0.5, 0.6) is 0 Å². The third-order valence-electron chi connectivity index (χ3n) is 5.38. The largest absolute Gasteiger partial charge is 0.398 e. The first kappa shape index (κ1) is 16.3. The summed E-state index contributed by atoms with van der Waals surface area (Å²) < 4.78 is 0. The molecule has 0 aliphatic heterocycles. The molecule has 0 saturated carbocycles. The first-order valence-corrected chi connectivity index (χ1v) is 9.17. The van der Waals surface area contributed by atoms with E-state index in [0.717, 1.165) is 38.9 Å². The first-order valence-electron chi connectivity index (χ1n) is 9.17. The van der Waals surface area contributed by atoms with Crippen LogP contribution in [0.1, 0.15) is 15.9 Å². The van der Waals surface area contributed by atoms with E-state index in [9.17, 15) is 4.79 Å². The molecule has 0 bridgehead atoms. The van der Waals surface area contributed by atoms with E-state index in [0.29, 0.717) is 16.9 Å². The molecule has 1 aliphatic carbocycles. The summed E-state index contributed by atoms with van der Waals surface area (Å²) in [7, 11) is 0. The van der Waals surface area contributed by atoms with E-state index in [2.05, 4.69) is 0 Å². The lowest BCUT2D eigenvalue weighted by Gasteiger charge is -2.17. The van der Waals surface area contributed by atoms with Crippen LogP contribution in [0.3, 0.4) is 0 Å². The highest BCUT2D eigenvalue weighted by Crippen LogP contribution is 2.47. The summed E-state index contributed by atoms with van der Waals surface area (Å²) >= 11 is 0. The zero-order valence-electron chi connectivity index (χ0n) is 15.1. The number of hydrogen-bond acceptors (Lipinski definition) is 3. The van der Waals surface area contributed by atoms with Gasteiger partial charge in [-0.15, -0.1) is 0 Å². The van der Waals surface area contributed by atoms with Gasteiger partial charge in [0.1, 0.15) is 0 Å². The number of rotatable bonds is 2. The lowest BCUT2D eigenvalue weighted by atomic mass is 9.86. The molecule has 3 heteroatoms. The predicted molar refractivity (Wildman–Crippen MR) is 115 cm³/mol. The van der Waals surface area contributed by atoms with Crippen LogP contribution >= 0.6 is 0 Å². The summed E-state index contributed by atoms with van der Waals surface area (Å²) in [6.45, 7) is 0. The Balaban J connectivity index is 1.91. The summed E-state index contributed by atoms with van der Waals surface area (Å²) in [6, 6.07) is 27.2. The number of carbonyl (C=O) groups is 1. The fraction of sp³-hybridized carbons (Fsp3) is 0. The van der Waals surface area contributed by atoms with Crippen molar-refractivity contribution in [1.82, 2.24) is 0 Å². The number of para-hydroxylation sites is 2. The lowest BCUT2D eigenvalue weighted by Crippen LogP contribution is -2.02. The minimum Gasteiger partial charge on any atom is -0.398 e. The van der Waals surface area contributed by atoms with Crippen LogP contribution in [0.25, 0.3) is 33.4 Å². The van der Waals surface area contributed by atoms with E-state index in [-0.39, 0.29) is 5.78 Å². The highest BCUT2D eigenvalue weighted by molar-refractivity contribution is 6.26. The smallest absolute Gasteiger partial charge is 0.194 e. The van der Waals surface area contributed by atoms with Crippen molar-refractivity contribution in [3.05, 3.63) is 96.1 Å². The molecular formula is C25H18N2O. The summed E-state index contributed by atoms with van der Waals surface area (Å²) in [5.74, 6) is 0.0280. The summed E-state index contributed by atoms with van der Waals surface area (Å²) in [4.78, 5) is 13.4. The quantitative estimate of drug-likeness (QED) is 0.413. The molecular weight excluding hydrogens is 344 g/mol. The van der Waals surface area contributed by atoms with Gasteiger partial charge in [-0.3, -0.25) is 4.79 Å². The second-order valence-corrected chi connectivity index (χ2v) is 6.96. The molecule has 0 heterocycles. The van der Waals surface area contributed by atoms with Crippen molar-refractivity contribution in [3.63, 3.8) is 0 Å². The zero-order valence-corrected chi connectivity index (χ0v) is 15.1. The maximum Gasteiger partial charge on any atom is 0.194 e. The van der Waals surface area contributed by atoms with Gasteiger partial charge in [0.25, 0.3) is 0 Å². The number of hydrogen-bond donors (Lipinski definition) is 2. The molecule has 0 fully saturated rings. The molecule has 3 nitrogen and oxygen atoms in total. The van der Waals surface area contributed by atoms with E-state index < -0.39 is 0 Å². The fourth-order valence-electron chi connectivity index (χ4n) is 4.08. The Morgan fingerprint density at radius 1 is 0.429 bits per heavy atom. The Labute approximate surface area is 163 Å². The van der Waals surface area contributed by atoms with Gasteiger partial charge in [-0.05, 0) is 28.8 Å². The second-order valence-electron chi connectivity index (χ2n) is 6.96. The van der Waals surface area contributed by atoms with E-state index in [4.69, 9.17) is 11.5 Å². The SMILES string of the molecule is Nc1ccccc1-c1ccc2c(c1-c1ccccc1N)C(=O)c1ccccc1-2. The predicted octanol–water partition coefficient (Wildman–Crippen LogP) is 5.40. The zero-order chi connectivity index (χ0) is 19.3. The van der Waals surface area contributed by atoms with Crippen molar-refractivity contribution >= 4 is 17.2 Å². The molecule has 0 amide bonds. The highest BCUT2D eigenvalue weighted by atomic mass is 16.1. The van der Waals surface area contributed by atoms with Gasteiger partial charge in [-0.1, -0.05) is 72.8 Å². The number of fused-ring (bicyclic) bond motifs is 3. The van der Waals surface area contributed by atoms with Crippen molar-refractivity contribution in [3.8, 4) is 33.4 Å². The Bertz CT molecular complexity index is 1260. The minimum absolute atomic E-state index is 0.0280. The number of benzene rings is 4. The number of ketones is 1. The normalized spacial score (nSPS) is 11.9. The summed E-state index contributed by atoms with van der Waals surface area (Å²) in [5.41, 5.74) is 20.8. The molecule has 4 N–H and O–H groups in total. The maximum absolute atomic E-state index is 13.4. The average Bonchev–Trinajstić information content (AvgIpc) is 3.01. The third kappa shape index (κ3) is 2.26. The molecule has 0 spiro atoms. The van der Waals surface area contributed by atoms with E-state index >= 15 is 0 Å². The first-order chi connectivity index (χ1) is 13.7. The van der Waals surface area contributed by atoms with Gasteiger partial charge in [-0.25, -0.2) is 0 Å². The molecule has 4 aromatic rings. The van der Waals surface area contributed by atoms with Crippen molar-refractivity contribution in [2.24, 2.45) is 0 Å². The highest BCUT2D eigenvalue weighted by Gasteiger charge is 2.31. The van der Waals surface area contributed by atoms with Gasteiger partial charge in [0.2, 0.25) is 0 Å². The standard InChI is InChI=1S/C25H18N2O/c26-21-11-5-3-8-16(21)18-14-13-17-15-7-1-2-9-19(15)25(28)24(17)23(18)20-10-4-6-12-22(20)27/h1-14H,26-27H2. The Hall–Kier alpha value is -3.85. The molecule has 0 radical (unpaired) electrons. The number of anilines is 2. The van der Waals surface area contributed by atoms with Crippen LogP contribution in [-0.2, 0) is 0 Å². The van der Waals surface area contributed by atoms with Gasteiger partial charge in [0, 0.05) is 39.2 Å². The molecule has 4 aromatic carbocycles. The molecule has 0 saturated heterocycles. The van der Waals surface area contributed by atoms with Crippen LogP contribution < -0.4 is 11.5 Å². The van der Waals surface area contributed by atoms with E-state index in [1.807, 2.05) is 84.9 Å². The van der Waals surface area contributed by atoms with Gasteiger partial charge < -0.3 is 11.5 Å². The summed E-state index contributed by atoms with van der Waals surface area (Å²) in [5, 5.41) is 0. The number of nitrogens with two attached hydrogens (primary N) is 2. The Morgan fingerprint density at radius 2 is 0.893 bits per heavy atom. The second kappa shape index (κ2) is 6.10. The van der Waals surface area contributed by atoms with Crippen molar-refractivity contribution < 1.29 is 4.79 Å². The minimum atomic E-state index is 0.0280. The lowest BCUT2D eigenvalue weighted by molar-refractivity contribution is 0.104. The molecule has 134 valence electrons. The van der Waals surface area contributed by atoms with Crippen LogP contribution in [0.15, 0.2) is 84.9 Å². The third-order valence-corrected chi connectivity index (χ3v) is 5.38. The molecule has 28 heavy (non-hydrogen) atoms. The van der Waals surface area contributed by atoms with Crippen LogP contribution in [0.4, 0.5) is 11.4 Å². The van der Waals surface area contributed by atoms with E-state index in [1.165, 1.54) is 0 Å². The van der Waals surface area contributed by atoms with Crippen LogP contribution in [-0.4, -0.2) is 5.78 Å². The number of nitrogen functional groups attached to an aromatic ring is 2.